The zero-order chi connectivity index (χ0) is 9.42. The molecule has 76 valence electrons. The molecule has 2 heteroatoms. The van der Waals surface area contributed by atoms with Crippen molar-refractivity contribution < 1.29 is 0 Å². The molecule has 2 nitrogen and oxygen atoms in total. The van der Waals surface area contributed by atoms with Gasteiger partial charge in [-0.05, 0) is 39.7 Å². The molecule has 13 heavy (non-hydrogen) atoms. The van der Waals surface area contributed by atoms with E-state index in [0.717, 1.165) is 18.0 Å². The Morgan fingerprint density at radius 1 is 1.15 bits per heavy atom. The van der Waals surface area contributed by atoms with E-state index < -0.39 is 0 Å². The van der Waals surface area contributed by atoms with Gasteiger partial charge in [-0.2, -0.15) is 0 Å². The van der Waals surface area contributed by atoms with Crippen molar-refractivity contribution in [2.45, 2.75) is 38.8 Å². The number of piperazine rings is 1. The quantitative estimate of drug-likeness (QED) is 0.637. The third-order valence-corrected chi connectivity index (χ3v) is 3.62. The van der Waals surface area contributed by atoms with E-state index >= 15 is 0 Å². The van der Waals surface area contributed by atoms with Crippen molar-refractivity contribution in [3.63, 3.8) is 0 Å². The Hall–Kier alpha value is -0.0800. The van der Waals surface area contributed by atoms with Crippen molar-refractivity contribution in [1.29, 1.82) is 0 Å². The van der Waals surface area contributed by atoms with E-state index in [2.05, 4.69) is 30.7 Å². The molecule has 0 aromatic carbocycles. The van der Waals surface area contributed by atoms with Crippen molar-refractivity contribution in [3.8, 4) is 0 Å². The highest BCUT2D eigenvalue weighted by Gasteiger charge is 2.37. The summed E-state index contributed by atoms with van der Waals surface area (Å²) in [5.74, 6) is 1.02. The normalized spacial score (nSPS) is 32.8. The number of hydrogen-bond donors (Lipinski definition) is 0. The van der Waals surface area contributed by atoms with Gasteiger partial charge >= 0.3 is 0 Å². The molecular formula is C11H22N2. The second kappa shape index (κ2) is 3.58. The summed E-state index contributed by atoms with van der Waals surface area (Å²) in [6, 6.07) is 1.59. The zero-order valence-corrected chi connectivity index (χ0v) is 9.16. The fourth-order valence-corrected chi connectivity index (χ4v) is 2.38. The van der Waals surface area contributed by atoms with Gasteiger partial charge in [-0.1, -0.05) is 0 Å². The summed E-state index contributed by atoms with van der Waals surface area (Å²) in [5.41, 5.74) is 0. The highest BCUT2D eigenvalue weighted by molar-refractivity contribution is 4.92. The van der Waals surface area contributed by atoms with Crippen molar-refractivity contribution in [1.82, 2.24) is 9.80 Å². The number of rotatable bonds is 2. The molecule has 1 saturated carbocycles. The lowest BCUT2D eigenvalue weighted by atomic mass is 10.1. The third kappa shape index (κ3) is 2.05. The molecule has 1 aliphatic carbocycles. The Balaban J connectivity index is 1.92. The first kappa shape index (κ1) is 9.47. The molecule has 0 N–H and O–H groups in total. The lowest BCUT2D eigenvalue weighted by Gasteiger charge is -2.41. The standard InChI is InChI=1S/C11H22N2/c1-9(2)13-7-6-12(3)11(8-13)10-4-5-10/h9-11H,4-8H2,1-3H3/t11-/m0/s1. The lowest BCUT2D eigenvalue weighted by Crippen LogP contribution is -2.54. The molecule has 0 amide bonds. The topological polar surface area (TPSA) is 6.48 Å². The molecule has 0 aromatic rings. The van der Waals surface area contributed by atoms with Crippen molar-refractivity contribution >= 4 is 0 Å². The van der Waals surface area contributed by atoms with E-state index in [9.17, 15) is 0 Å². The zero-order valence-electron chi connectivity index (χ0n) is 9.16. The highest BCUT2D eigenvalue weighted by atomic mass is 15.3. The van der Waals surface area contributed by atoms with Crippen LogP contribution in [0.25, 0.3) is 0 Å². The number of likely N-dealkylation sites (N-methyl/N-ethyl adjacent to an activating group) is 1. The van der Waals surface area contributed by atoms with Crippen LogP contribution in [0, 0.1) is 5.92 Å². The van der Waals surface area contributed by atoms with Gasteiger partial charge < -0.3 is 4.90 Å². The van der Waals surface area contributed by atoms with Crippen LogP contribution in [0.2, 0.25) is 0 Å². The minimum Gasteiger partial charge on any atom is -0.301 e. The maximum atomic E-state index is 2.63. The van der Waals surface area contributed by atoms with Crippen molar-refractivity contribution in [2.75, 3.05) is 26.7 Å². The van der Waals surface area contributed by atoms with E-state index in [1.807, 2.05) is 0 Å². The fourth-order valence-electron chi connectivity index (χ4n) is 2.38. The van der Waals surface area contributed by atoms with Crippen molar-refractivity contribution in [3.05, 3.63) is 0 Å². The van der Waals surface area contributed by atoms with Crippen LogP contribution >= 0.6 is 0 Å². The van der Waals surface area contributed by atoms with Gasteiger partial charge in [0.05, 0.1) is 0 Å². The van der Waals surface area contributed by atoms with Gasteiger partial charge in [-0.3, -0.25) is 4.90 Å². The Kier molecular flexibility index (Phi) is 2.61. The Morgan fingerprint density at radius 3 is 2.38 bits per heavy atom. The summed E-state index contributed by atoms with van der Waals surface area (Å²) in [7, 11) is 2.29. The summed E-state index contributed by atoms with van der Waals surface area (Å²) >= 11 is 0. The van der Waals surface area contributed by atoms with Crippen LogP contribution in [0.4, 0.5) is 0 Å². The molecule has 1 atom stereocenters. The average Bonchev–Trinajstić information content (AvgIpc) is 2.87. The predicted octanol–water partition coefficient (Wildman–Crippen LogP) is 1.42. The van der Waals surface area contributed by atoms with Crippen LogP contribution in [-0.2, 0) is 0 Å². The van der Waals surface area contributed by atoms with Gasteiger partial charge in [0.2, 0.25) is 0 Å². The first-order valence-corrected chi connectivity index (χ1v) is 5.63. The van der Waals surface area contributed by atoms with E-state index in [1.165, 1.54) is 32.5 Å². The molecule has 2 aliphatic rings. The molecule has 2 fully saturated rings. The van der Waals surface area contributed by atoms with E-state index in [0.29, 0.717) is 0 Å². The van der Waals surface area contributed by atoms with Gasteiger partial charge in [-0.25, -0.2) is 0 Å². The first-order chi connectivity index (χ1) is 6.18. The molecule has 0 spiro atoms. The molecule has 0 unspecified atom stereocenters. The molecule has 1 saturated heterocycles. The van der Waals surface area contributed by atoms with Gasteiger partial charge in [-0.15, -0.1) is 0 Å². The smallest absolute Gasteiger partial charge is 0.0249 e. The predicted molar refractivity (Wildman–Crippen MR) is 55.9 cm³/mol. The van der Waals surface area contributed by atoms with E-state index in [-0.39, 0.29) is 0 Å². The molecule has 0 radical (unpaired) electrons. The number of nitrogens with zero attached hydrogens (tertiary/aromatic N) is 2. The molecule has 0 aromatic heterocycles. The fraction of sp³-hybridized carbons (Fsp3) is 1.00. The monoisotopic (exact) mass is 182 g/mol. The average molecular weight is 182 g/mol. The summed E-state index contributed by atoms with van der Waals surface area (Å²) in [5, 5.41) is 0. The Bertz CT molecular complexity index is 175. The second-order valence-electron chi connectivity index (χ2n) is 4.97. The third-order valence-electron chi connectivity index (χ3n) is 3.62. The maximum absolute atomic E-state index is 2.63. The van der Waals surface area contributed by atoms with Crippen LogP contribution in [0.5, 0.6) is 0 Å². The molecule has 1 aliphatic heterocycles. The Morgan fingerprint density at radius 2 is 1.85 bits per heavy atom. The maximum Gasteiger partial charge on any atom is 0.0249 e. The van der Waals surface area contributed by atoms with Crippen LogP contribution < -0.4 is 0 Å². The Labute approximate surface area is 81.9 Å². The second-order valence-corrected chi connectivity index (χ2v) is 4.97. The van der Waals surface area contributed by atoms with Gasteiger partial charge in [0.1, 0.15) is 0 Å². The van der Waals surface area contributed by atoms with Gasteiger partial charge in [0.25, 0.3) is 0 Å². The first-order valence-electron chi connectivity index (χ1n) is 5.63. The minimum atomic E-state index is 0.731. The summed E-state index contributed by atoms with van der Waals surface area (Å²) in [4.78, 5) is 5.19. The summed E-state index contributed by atoms with van der Waals surface area (Å²) in [6.45, 7) is 8.46. The van der Waals surface area contributed by atoms with Crippen LogP contribution in [0.15, 0.2) is 0 Å². The summed E-state index contributed by atoms with van der Waals surface area (Å²) < 4.78 is 0. The van der Waals surface area contributed by atoms with E-state index in [4.69, 9.17) is 0 Å². The van der Waals surface area contributed by atoms with Gasteiger partial charge in [0.15, 0.2) is 0 Å². The largest absolute Gasteiger partial charge is 0.301 e. The molecule has 0 bridgehead atoms. The SMILES string of the molecule is CC(C)N1CCN(C)[C@H](C2CC2)C1. The van der Waals surface area contributed by atoms with Crippen LogP contribution in [0.3, 0.4) is 0 Å². The molecule has 2 rings (SSSR count). The lowest BCUT2D eigenvalue weighted by molar-refractivity contribution is 0.0642. The van der Waals surface area contributed by atoms with Gasteiger partial charge in [0, 0.05) is 31.7 Å². The summed E-state index contributed by atoms with van der Waals surface area (Å²) in [6.07, 6.45) is 2.95. The minimum absolute atomic E-state index is 0.731. The van der Waals surface area contributed by atoms with E-state index in [1.54, 1.807) is 0 Å². The molecule has 1 heterocycles. The van der Waals surface area contributed by atoms with Crippen LogP contribution in [-0.4, -0.2) is 48.6 Å². The number of hydrogen-bond acceptors (Lipinski definition) is 2. The molecular weight excluding hydrogens is 160 g/mol. The van der Waals surface area contributed by atoms with Crippen molar-refractivity contribution in [2.24, 2.45) is 5.92 Å². The van der Waals surface area contributed by atoms with Crippen LogP contribution in [0.1, 0.15) is 26.7 Å². The highest BCUT2D eigenvalue weighted by Crippen LogP contribution is 2.36.